The summed E-state index contributed by atoms with van der Waals surface area (Å²) < 4.78 is 31.8. The fourth-order valence-electron chi connectivity index (χ4n) is 2.32. The van der Waals surface area contributed by atoms with Crippen LogP contribution in [0.4, 0.5) is 0 Å². The van der Waals surface area contributed by atoms with Gasteiger partial charge in [-0.3, -0.25) is 0 Å². The first-order valence-corrected chi connectivity index (χ1v) is 8.34. The Kier molecular flexibility index (Phi) is 6.80. The number of nitrogens with one attached hydrogen (secondary N) is 2. The molecule has 1 aliphatic heterocycles. The topological polar surface area (TPSA) is 84.5 Å². The van der Waals surface area contributed by atoms with Crippen LogP contribution in [0, 0.1) is 6.92 Å². The van der Waals surface area contributed by atoms with Gasteiger partial charge in [0.2, 0.25) is 10.0 Å². The van der Waals surface area contributed by atoms with Crippen LogP contribution >= 0.6 is 12.4 Å². The Hall–Kier alpha value is -1.15. The van der Waals surface area contributed by atoms with Crippen molar-refractivity contribution in [1.82, 2.24) is 10.0 Å². The highest BCUT2D eigenvalue weighted by Crippen LogP contribution is 2.17. The highest BCUT2D eigenvalue weighted by molar-refractivity contribution is 7.89. The zero-order valence-corrected chi connectivity index (χ0v) is 14.2. The predicted molar refractivity (Wildman–Crippen MR) is 86.0 cm³/mol. The number of benzene rings is 1. The van der Waals surface area contributed by atoms with Gasteiger partial charge in [0.05, 0.1) is 17.6 Å². The third-order valence-corrected chi connectivity index (χ3v) is 5.03. The summed E-state index contributed by atoms with van der Waals surface area (Å²) in [5.41, 5.74) is 0.942. The number of aryl methyl sites for hydroxylation is 1. The van der Waals surface area contributed by atoms with Gasteiger partial charge in [-0.05, 0) is 44.0 Å². The lowest BCUT2D eigenvalue weighted by Gasteiger charge is -2.13. The van der Waals surface area contributed by atoms with E-state index < -0.39 is 16.0 Å². The molecular weight excluding hydrogens is 328 g/mol. The second-order valence-corrected chi connectivity index (χ2v) is 6.88. The maximum Gasteiger partial charge on any atom is 0.338 e. The molecule has 6 nitrogen and oxygen atoms in total. The highest BCUT2D eigenvalue weighted by Gasteiger charge is 2.21. The van der Waals surface area contributed by atoms with E-state index in [9.17, 15) is 13.2 Å². The van der Waals surface area contributed by atoms with Gasteiger partial charge in [0.1, 0.15) is 0 Å². The predicted octanol–water partition coefficient (Wildman–Crippen LogP) is 1.23. The van der Waals surface area contributed by atoms with Gasteiger partial charge < -0.3 is 10.1 Å². The van der Waals surface area contributed by atoms with Crippen molar-refractivity contribution in [1.29, 1.82) is 0 Å². The number of methoxy groups -OCH3 is 1. The minimum atomic E-state index is -3.63. The highest BCUT2D eigenvalue weighted by atomic mass is 35.5. The molecule has 1 unspecified atom stereocenters. The summed E-state index contributed by atoms with van der Waals surface area (Å²) in [5.74, 6) is -0.540. The van der Waals surface area contributed by atoms with Gasteiger partial charge in [-0.2, -0.15) is 0 Å². The van der Waals surface area contributed by atoms with Gasteiger partial charge in [0, 0.05) is 12.6 Å². The van der Waals surface area contributed by atoms with Crippen molar-refractivity contribution in [2.24, 2.45) is 0 Å². The second kappa shape index (κ2) is 7.92. The number of rotatable bonds is 5. The molecule has 2 N–H and O–H groups in total. The van der Waals surface area contributed by atoms with E-state index in [0.29, 0.717) is 12.1 Å². The zero-order chi connectivity index (χ0) is 15.5. The minimum absolute atomic E-state index is 0. The fraction of sp³-hybridized carbons (Fsp3) is 0.500. The molecule has 0 radical (unpaired) electrons. The van der Waals surface area contributed by atoms with Crippen molar-refractivity contribution in [3.05, 3.63) is 29.3 Å². The second-order valence-electron chi connectivity index (χ2n) is 5.11. The number of carbonyl (C=O) groups excluding carboxylic acids is 1. The van der Waals surface area contributed by atoms with Gasteiger partial charge in [-0.25, -0.2) is 17.9 Å². The lowest BCUT2D eigenvalue weighted by Crippen LogP contribution is -2.37. The van der Waals surface area contributed by atoms with E-state index in [1.54, 1.807) is 13.0 Å². The van der Waals surface area contributed by atoms with Crippen LogP contribution in [0.2, 0.25) is 0 Å². The van der Waals surface area contributed by atoms with E-state index in [2.05, 4.69) is 14.8 Å². The van der Waals surface area contributed by atoms with Gasteiger partial charge in [0.15, 0.2) is 0 Å². The summed E-state index contributed by atoms with van der Waals surface area (Å²) in [5, 5.41) is 3.23. The molecule has 0 amide bonds. The molecule has 1 aromatic rings. The van der Waals surface area contributed by atoms with Gasteiger partial charge in [-0.15, -0.1) is 12.4 Å². The molecule has 0 spiro atoms. The number of hydrogen-bond acceptors (Lipinski definition) is 5. The molecule has 1 fully saturated rings. The molecule has 124 valence electrons. The van der Waals surface area contributed by atoms with E-state index in [1.165, 1.54) is 19.2 Å². The van der Waals surface area contributed by atoms with Crippen LogP contribution in [0.5, 0.6) is 0 Å². The monoisotopic (exact) mass is 348 g/mol. The third-order valence-electron chi connectivity index (χ3n) is 3.61. The first-order chi connectivity index (χ1) is 9.94. The van der Waals surface area contributed by atoms with E-state index in [-0.39, 0.29) is 28.9 Å². The van der Waals surface area contributed by atoms with Crippen LogP contribution in [0.25, 0.3) is 0 Å². The minimum Gasteiger partial charge on any atom is -0.465 e. The molecule has 1 aromatic carbocycles. The first kappa shape index (κ1) is 18.9. The molecule has 1 saturated heterocycles. The molecular formula is C14H21ClN2O4S. The van der Waals surface area contributed by atoms with Crippen molar-refractivity contribution in [3.63, 3.8) is 0 Å². The summed E-state index contributed by atoms with van der Waals surface area (Å²) in [6.45, 7) is 3.01. The summed E-state index contributed by atoms with van der Waals surface area (Å²) in [6.07, 6.45) is 2.02. The SMILES string of the molecule is COC(=O)c1cc(S(=O)(=O)NCC2CCCN2)ccc1C.Cl. The van der Waals surface area contributed by atoms with Crippen molar-refractivity contribution >= 4 is 28.4 Å². The summed E-state index contributed by atoms with van der Waals surface area (Å²) >= 11 is 0. The maximum atomic E-state index is 12.3. The molecule has 2 rings (SSSR count). The molecule has 22 heavy (non-hydrogen) atoms. The largest absolute Gasteiger partial charge is 0.465 e. The lowest BCUT2D eigenvalue weighted by atomic mass is 10.1. The van der Waals surface area contributed by atoms with Crippen LogP contribution in [0.15, 0.2) is 23.1 Å². The third kappa shape index (κ3) is 4.42. The fourth-order valence-corrected chi connectivity index (χ4v) is 3.43. The maximum absolute atomic E-state index is 12.3. The number of halogens is 1. The van der Waals surface area contributed by atoms with Crippen LogP contribution in [0.3, 0.4) is 0 Å². The van der Waals surface area contributed by atoms with Crippen LogP contribution in [0.1, 0.15) is 28.8 Å². The van der Waals surface area contributed by atoms with E-state index in [0.717, 1.165) is 19.4 Å². The number of sulfonamides is 1. The van der Waals surface area contributed by atoms with Gasteiger partial charge in [0.25, 0.3) is 0 Å². The number of hydrogen-bond donors (Lipinski definition) is 2. The van der Waals surface area contributed by atoms with E-state index in [4.69, 9.17) is 0 Å². The van der Waals surface area contributed by atoms with Crippen LogP contribution in [-0.4, -0.2) is 40.6 Å². The van der Waals surface area contributed by atoms with E-state index in [1.807, 2.05) is 0 Å². The standard InChI is InChI=1S/C14H20N2O4S.ClH/c1-10-5-6-12(8-13(10)14(17)20-2)21(18,19)16-9-11-4-3-7-15-11;/h5-6,8,11,15-16H,3-4,7,9H2,1-2H3;1H. The van der Waals surface area contributed by atoms with E-state index >= 15 is 0 Å². The summed E-state index contributed by atoms with van der Waals surface area (Å²) in [4.78, 5) is 11.7. The lowest BCUT2D eigenvalue weighted by molar-refractivity contribution is 0.0599. The Morgan fingerprint density at radius 1 is 1.45 bits per heavy atom. The normalized spacial score (nSPS) is 17.8. The van der Waals surface area contributed by atoms with Crippen molar-refractivity contribution < 1.29 is 17.9 Å². The Morgan fingerprint density at radius 2 is 2.18 bits per heavy atom. The summed E-state index contributed by atoms with van der Waals surface area (Å²) in [6, 6.07) is 4.62. The Morgan fingerprint density at radius 3 is 2.77 bits per heavy atom. The average molecular weight is 349 g/mol. The smallest absolute Gasteiger partial charge is 0.338 e. The summed E-state index contributed by atoms with van der Waals surface area (Å²) in [7, 11) is -2.36. The molecule has 1 heterocycles. The Bertz CT molecular complexity index is 628. The number of carbonyl (C=O) groups is 1. The van der Waals surface area contributed by atoms with Crippen molar-refractivity contribution in [2.45, 2.75) is 30.7 Å². The first-order valence-electron chi connectivity index (χ1n) is 6.86. The molecule has 0 saturated carbocycles. The molecule has 8 heteroatoms. The van der Waals surface area contributed by atoms with Crippen molar-refractivity contribution in [3.8, 4) is 0 Å². The molecule has 0 aliphatic carbocycles. The quantitative estimate of drug-likeness (QED) is 0.782. The van der Waals surface area contributed by atoms with Gasteiger partial charge >= 0.3 is 5.97 Å². The number of ether oxygens (including phenoxy) is 1. The number of esters is 1. The Balaban J connectivity index is 0.00000242. The molecule has 0 bridgehead atoms. The molecule has 1 aliphatic rings. The molecule has 0 aromatic heterocycles. The van der Waals surface area contributed by atoms with Gasteiger partial charge in [-0.1, -0.05) is 6.07 Å². The average Bonchev–Trinajstić information content (AvgIpc) is 2.98. The van der Waals surface area contributed by atoms with Crippen LogP contribution in [-0.2, 0) is 14.8 Å². The zero-order valence-electron chi connectivity index (χ0n) is 12.6. The molecule has 1 atom stereocenters. The van der Waals surface area contributed by atoms with Crippen molar-refractivity contribution in [2.75, 3.05) is 20.2 Å². The van der Waals surface area contributed by atoms with Crippen LogP contribution < -0.4 is 10.0 Å². The Labute approximate surface area is 137 Å².